The minimum Gasteiger partial charge on any atom is -0.758 e. The SMILES string of the molecule is CN([O-])O[N+](C)(C)C. The molecule has 0 aliphatic carbocycles. The van der Waals surface area contributed by atoms with Crippen LogP contribution in [0.25, 0.3) is 0 Å². The number of hydrogen-bond acceptors (Lipinski definition) is 3. The van der Waals surface area contributed by atoms with E-state index >= 15 is 0 Å². The van der Waals surface area contributed by atoms with Crippen LogP contribution >= 0.6 is 0 Å². The summed E-state index contributed by atoms with van der Waals surface area (Å²) in [7, 11) is 6.58. The number of quaternary nitrogens is 1. The van der Waals surface area contributed by atoms with Crippen molar-refractivity contribution in [2.75, 3.05) is 28.2 Å². The Kier molecular flexibility index (Phi) is 2.36. The minimum absolute atomic E-state index is 0.194. The Morgan fingerprint density at radius 1 is 1.38 bits per heavy atom. The van der Waals surface area contributed by atoms with Gasteiger partial charge in [0, 0.05) is 7.05 Å². The topological polar surface area (TPSA) is 35.5 Å². The normalized spacial score (nSPS) is 12.8. The summed E-state index contributed by atoms with van der Waals surface area (Å²) < 4.78 is 0.194. The van der Waals surface area contributed by atoms with E-state index in [1.165, 1.54) is 7.05 Å². The van der Waals surface area contributed by atoms with Gasteiger partial charge in [-0.1, -0.05) is 0 Å². The highest BCUT2D eigenvalue weighted by Gasteiger charge is 2.06. The molecule has 0 aromatic heterocycles. The average Bonchev–Trinajstić information content (AvgIpc) is 1.21. The number of hydrogen-bond donors (Lipinski definition) is 0. The molecule has 0 aliphatic rings. The molecule has 4 nitrogen and oxygen atoms in total. The first kappa shape index (κ1) is 7.84. The summed E-state index contributed by atoms with van der Waals surface area (Å²) in [6.07, 6.45) is 0. The largest absolute Gasteiger partial charge is 0.758 e. The molecular formula is C4H12N2O2. The van der Waals surface area contributed by atoms with Crippen LogP contribution in [-0.2, 0) is 4.94 Å². The number of hydroxylamine groups is 5. The van der Waals surface area contributed by atoms with Crippen LogP contribution in [0.4, 0.5) is 0 Å². The van der Waals surface area contributed by atoms with Crippen molar-refractivity contribution < 1.29 is 9.58 Å². The van der Waals surface area contributed by atoms with Crippen LogP contribution in [0.5, 0.6) is 0 Å². The summed E-state index contributed by atoms with van der Waals surface area (Å²) in [5.41, 5.74) is 0. The van der Waals surface area contributed by atoms with Gasteiger partial charge < -0.3 is 5.21 Å². The van der Waals surface area contributed by atoms with Gasteiger partial charge >= 0.3 is 0 Å². The standard InChI is InChI=1S/C4H12N2O2/c1-5(7)8-6(2,3)4/h1-4H3. The van der Waals surface area contributed by atoms with E-state index in [0.717, 1.165) is 0 Å². The van der Waals surface area contributed by atoms with Crippen molar-refractivity contribution in [1.29, 1.82) is 0 Å². The second-order valence-electron chi connectivity index (χ2n) is 2.41. The lowest BCUT2D eigenvalue weighted by atomic mass is 11.0. The summed E-state index contributed by atoms with van der Waals surface area (Å²) in [6.45, 7) is 0. The van der Waals surface area contributed by atoms with E-state index in [1.807, 2.05) is 0 Å². The summed E-state index contributed by atoms with van der Waals surface area (Å²) in [6, 6.07) is 0. The van der Waals surface area contributed by atoms with Gasteiger partial charge in [-0.25, -0.2) is 5.23 Å². The van der Waals surface area contributed by atoms with Crippen molar-refractivity contribution in [2.24, 2.45) is 0 Å². The van der Waals surface area contributed by atoms with Gasteiger partial charge in [-0.3, -0.25) is 0 Å². The zero-order valence-electron chi connectivity index (χ0n) is 5.71. The molecule has 0 saturated heterocycles. The summed E-state index contributed by atoms with van der Waals surface area (Å²) >= 11 is 0. The Morgan fingerprint density at radius 2 is 1.75 bits per heavy atom. The smallest absolute Gasteiger partial charge is 0.0999 e. The van der Waals surface area contributed by atoms with Crippen molar-refractivity contribution in [3.05, 3.63) is 5.21 Å². The molecule has 0 heterocycles. The number of nitrogens with zero attached hydrogens (tertiary/aromatic N) is 2. The second-order valence-corrected chi connectivity index (χ2v) is 2.41. The number of rotatable bonds is 2. The Balaban J connectivity index is 3.39. The molecule has 0 saturated carbocycles. The molecule has 0 aliphatic heterocycles. The van der Waals surface area contributed by atoms with E-state index in [0.29, 0.717) is 5.23 Å². The van der Waals surface area contributed by atoms with Gasteiger partial charge in [0.2, 0.25) is 0 Å². The van der Waals surface area contributed by atoms with E-state index in [1.54, 1.807) is 21.1 Å². The fourth-order valence-electron chi connectivity index (χ4n) is 0.345. The maximum atomic E-state index is 10.1. The lowest BCUT2D eigenvalue weighted by molar-refractivity contribution is -1.09. The van der Waals surface area contributed by atoms with Crippen molar-refractivity contribution in [3.8, 4) is 0 Å². The zero-order valence-corrected chi connectivity index (χ0v) is 5.71. The van der Waals surface area contributed by atoms with Gasteiger partial charge in [-0.05, 0) is 0 Å². The molecule has 0 bridgehead atoms. The van der Waals surface area contributed by atoms with Crippen molar-refractivity contribution in [1.82, 2.24) is 5.23 Å². The van der Waals surface area contributed by atoms with Crippen LogP contribution < -0.4 is 0 Å². The molecule has 0 amide bonds. The molecule has 0 aromatic carbocycles. The second kappa shape index (κ2) is 2.41. The van der Waals surface area contributed by atoms with Crippen LogP contribution in [0.3, 0.4) is 0 Å². The van der Waals surface area contributed by atoms with Gasteiger partial charge in [-0.15, -0.1) is 4.94 Å². The quantitative estimate of drug-likeness (QED) is 0.379. The molecule has 4 heteroatoms. The Morgan fingerprint density at radius 3 is 1.75 bits per heavy atom. The van der Waals surface area contributed by atoms with Crippen LogP contribution in [0.15, 0.2) is 0 Å². The first-order valence-electron chi connectivity index (χ1n) is 2.34. The molecule has 0 fully saturated rings. The fourth-order valence-corrected chi connectivity index (χ4v) is 0.345. The Labute approximate surface area is 49.3 Å². The highest BCUT2D eigenvalue weighted by atomic mass is 17.0. The van der Waals surface area contributed by atoms with Gasteiger partial charge in [0.05, 0.1) is 21.1 Å². The summed E-state index contributed by atoms with van der Waals surface area (Å²) in [5, 5.41) is 10.6. The van der Waals surface area contributed by atoms with E-state index in [2.05, 4.69) is 4.94 Å². The predicted molar refractivity (Wildman–Crippen MR) is 30.2 cm³/mol. The third-order valence-corrected chi connectivity index (χ3v) is 0.360. The molecular weight excluding hydrogens is 108 g/mol. The van der Waals surface area contributed by atoms with E-state index in [-0.39, 0.29) is 4.65 Å². The Hall–Kier alpha value is -0.160. The first-order chi connectivity index (χ1) is 3.42. The highest BCUT2D eigenvalue weighted by Crippen LogP contribution is 1.92. The van der Waals surface area contributed by atoms with Crippen molar-refractivity contribution in [2.45, 2.75) is 0 Å². The third-order valence-electron chi connectivity index (χ3n) is 0.360. The summed E-state index contributed by atoms with van der Waals surface area (Å²) in [4.78, 5) is 4.65. The predicted octanol–water partition coefficient (Wildman–Crippen LogP) is -0.0312. The molecule has 0 aromatic rings. The molecule has 0 N–H and O–H groups in total. The van der Waals surface area contributed by atoms with E-state index in [4.69, 9.17) is 0 Å². The summed E-state index contributed by atoms with van der Waals surface area (Å²) in [5.74, 6) is 0. The van der Waals surface area contributed by atoms with Crippen LogP contribution in [0.1, 0.15) is 0 Å². The molecule has 50 valence electrons. The monoisotopic (exact) mass is 120 g/mol. The Bertz CT molecular complexity index is 66.9. The lowest BCUT2D eigenvalue weighted by Crippen LogP contribution is -2.39. The van der Waals surface area contributed by atoms with Gasteiger partial charge in [-0.2, -0.15) is 4.65 Å². The molecule has 0 rings (SSSR count). The van der Waals surface area contributed by atoms with Crippen LogP contribution in [0, 0.1) is 5.21 Å². The van der Waals surface area contributed by atoms with Gasteiger partial charge in [0.1, 0.15) is 0 Å². The zero-order chi connectivity index (χ0) is 6.78. The van der Waals surface area contributed by atoms with E-state index in [9.17, 15) is 5.21 Å². The first-order valence-corrected chi connectivity index (χ1v) is 2.34. The fraction of sp³-hybridized carbons (Fsp3) is 1.00. The van der Waals surface area contributed by atoms with Crippen molar-refractivity contribution >= 4 is 0 Å². The van der Waals surface area contributed by atoms with Crippen LogP contribution in [0.2, 0.25) is 0 Å². The maximum absolute atomic E-state index is 10.1. The molecule has 0 radical (unpaired) electrons. The molecule has 0 atom stereocenters. The van der Waals surface area contributed by atoms with Crippen molar-refractivity contribution in [3.63, 3.8) is 0 Å². The lowest BCUT2D eigenvalue weighted by Gasteiger charge is -2.29. The highest BCUT2D eigenvalue weighted by molar-refractivity contribution is 4.18. The molecule has 8 heavy (non-hydrogen) atoms. The maximum Gasteiger partial charge on any atom is 0.0999 e. The molecule has 0 unspecified atom stereocenters. The van der Waals surface area contributed by atoms with Gasteiger partial charge in [0.15, 0.2) is 0 Å². The van der Waals surface area contributed by atoms with E-state index < -0.39 is 0 Å². The third kappa shape index (κ3) is 5.84. The molecule has 0 spiro atoms. The average molecular weight is 120 g/mol. The minimum atomic E-state index is 0.194. The van der Waals surface area contributed by atoms with Gasteiger partial charge in [0.25, 0.3) is 0 Å². The van der Waals surface area contributed by atoms with Crippen LogP contribution in [-0.4, -0.2) is 38.1 Å².